The number of anilines is 2. The summed E-state index contributed by atoms with van der Waals surface area (Å²) in [6, 6.07) is 17.1. The van der Waals surface area contributed by atoms with E-state index in [1.807, 2.05) is 54.6 Å². The SMILES string of the molecule is C#CC.O=C(O)Cc1ccccc1Nc1ccccc1.[Y]. The molecule has 2 aromatic rings. The van der Waals surface area contributed by atoms with Crippen molar-refractivity contribution < 1.29 is 42.6 Å². The fourth-order valence-electron chi connectivity index (χ4n) is 1.64. The third kappa shape index (κ3) is 7.65. The summed E-state index contributed by atoms with van der Waals surface area (Å²) in [5.74, 6) is 1.42. The zero-order valence-electron chi connectivity index (χ0n) is 11.9. The summed E-state index contributed by atoms with van der Waals surface area (Å²) in [5.41, 5.74) is 2.57. The number of aliphatic carboxylic acids is 1. The first kappa shape index (κ1) is 19.4. The Kier molecular flexibility index (Phi) is 10.2. The van der Waals surface area contributed by atoms with E-state index in [2.05, 4.69) is 17.7 Å². The zero-order valence-corrected chi connectivity index (χ0v) is 14.8. The number of benzene rings is 2. The molecule has 0 atom stereocenters. The van der Waals surface area contributed by atoms with Gasteiger partial charge in [-0.25, -0.2) is 0 Å². The van der Waals surface area contributed by atoms with Gasteiger partial charge in [0.15, 0.2) is 0 Å². The standard InChI is InChI=1S/C14H13NO2.C3H4.Y/c16-14(17)10-11-6-4-5-9-13(11)15-12-7-2-1-3-8-12;1-3-2;/h1-9,15H,10H2,(H,16,17);1H,2H3;. The van der Waals surface area contributed by atoms with Gasteiger partial charge >= 0.3 is 5.97 Å². The average molecular weight is 356 g/mol. The van der Waals surface area contributed by atoms with Gasteiger partial charge in [0.2, 0.25) is 0 Å². The number of carbonyl (C=O) groups is 1. The van der Waals surface area contributed by atoms with E-state index in [1.54, 1.807) is 6.92 Å². The molecule has 0 bridgehead atoms. The van der Waals surface area contributed by atoms with E-state index in [1.165, 1.54) is 0 Å². The Morgan fingerprint density at radius 3 is 2.24 bits per heavy atom. The molecule has 0 unspecified atom stereocenters. The minimum Gasteiger partial charge on any atom is -0.481 e. The van der Waals surface area contributed by atoms with E-state index in [0.29, 0.717) is 0 Å². The van der Waals surface area contributed by atoms with Crippen molar-refractivity contribution in [3.63, 3.8) is 0 Å². The van der Waals surface area contributed by atoms with Crippen LogP contribution < -0.4 is 5.32 Å². The van der Waals surface area contributed by atoms with Gasteiger partial charge in [0.05, 0.1) is 6.42 Å². The third-order valence-corrected chi connectivity index (χ3v) is 2.41. The van der Waals surface area contributed by atoms with Crippen molar-refractivity contribution >= 4 is 17.3 Å². The molecule has 0 fully saturated rings. The third-order valence-electron chi connectivity index (χ3n) is 2.41. The van der Waals surface area contributed by atoms with E-state index in [-0.39, 0.29) is 39.1 Å². The maximum Gasteiger partial charge on any atom is 0.307 e. The average Bonchev–Trinajstić information content (AvgIpc) is 2.42. The van der Waals surface area contributed by atoms with Gasteiger partial charge in [0.1, 0.15) is 0 Å². The number of carboxylic acid groups (broad SMARTS) is 1. The summed E-state index contributed by atoms with van der Waals surface area (Å²) in [4.78, 5) is 10.7. The summed E-state index contributed by atoms with van der Waals surface area (Å²) in [6.07, 6.45) is 4.62. The van der Waals surface area contributed by atoms with Crippen LogP contribution >= 0.6 is 0 Å². The fourth-order valence-corrected chi connectivity index (χ4v) is 1.64. The van der Waals surface area contributed by atoms with Gasteiger partial charge in [-0.05, 0) is 30.7 Å². The van der Waals surface area contributed by atoms with Gasteiger partial charge in [-0.1, -0.05) is 36.4 Å². The summed E-state index contributed by atoms with van der Waals surface area (Å²) in [6.45, 7) is 1.65. The molecule has 3 nitrogen and oxygen atoms in total. The van der Waals surface area contributed by atoms with Crippen LogP contribution in [-0.2, 0) is 43.9 Å². The van der Waals surface area contributed by atoms with Gasteiger partial charge in [0, 0.05) is 44.1 Å². The number of carboxylic acids is 1. The smallest absolute Gasteiger partial charge is 0.307 e. The largest absolute Gasteiger partial charge is 0.481 e. The van der Waals surface area contributed by atoms with Crippen LogP contribution in [0.5, 0.6) is 0 Å². The number of hydrogen-bond donors (Lipinski definition) is 2. The minimum absolute atomic E-state index is 0. The molecule has 2 N–H and O–H groups in total. The molecule has 0 amide bonds. The van der Waals surface area contributed by atoms with Crippen molar-refractivity contribution in [3.8, 4) is 12.3 Å². The quantitative estimate of drug-likeness (QED) is 0.822. The van der Waals surface area contributed by atoms with Crippen LogP contribution in [0.2, 0.25) is 0 Å². The molecule has 0 heterocycles. The van der Waals surface area contributed by atoms with Gasteiger partial charge in [0.25, 0.3) is 0 Å². The van der Waals surface area contributed by atoms with E-state index < -0.39 is 5.97 Å². The van der Waals surface area contributed by atoms with Crippen LogP contribution in [0.15, 0.2) is 54.6 Å². The first-order chi connectivity index (χ1) is 9.67. The zero-order chi connectivity index (χ0) is 14.8. The fraction of sp³-hybridized carbons (Fsp3) is 0.118. The summed E-state index contributed by atoms with van der Waals surface area (Å²) in [7, 11) is 0. The summed E-state index contributed by atoms with van der Waals surface area (Å²) in [5, 5.41) is 12.0. The van der Waals surface area contributed by atoms with Gasteiger partial charge in [-0.3, -0.25) is 4.79 Å². The molecule has 0 aromatic heterocycles. The molecule has 21 heavy (non-hydrogen) atoms. The Hall–Kier alpha value is -1.63. The van der Waals surface area contributed by atoms with E-state index in [0.717, 1.165) is 16.9 Å². The molecule has 0 aliphatic heterocycles. The van der Waals surface area contributed by atoms with Gasteiger partial charge in [-0.2, -0.15) is 0 Å². The van der Waals surface area contributed by atoms with Crippen LogP contribution in [0.4, 0.5) is 11.4 Å². The Balaban J connectivity index is 0.000000922. The van der Waals surface area contributed by atoms with E-state index in [4.69, 9.17) is 5.11 Å². The molecule has 0 aliphatic rings. The second kappa shape index (κ2) is 11.1. The molecular weight excluding hydrogens is 339 g/mol. The van der Waals surface area contributed by atoms with Crippen LogP contribution in [0, 0.1) is 12.3 Å². The molecule has 2 rings (SSSR count). The van der Waals surface area contributed by atoms with Crippen molar-refractivity contribution in [2.75, 3.05) is 5.32 Å². The van der Waals surface area contributed by atoms with Crippen molar-refractivity contribution in [2.45, 2.75) is 13.3 Å². The molecule has 1 radical (unpaired) electrons. The number of para-hydroxylation sites is 2. The molecule has 0 spiro atoms. The summed E-state index contributed by atoms with van der Waals surface area (Å²) < 4.78 is 0. The van der Waals surface area contributed by atoms with Crippen molar-refractivity contribution in [1.29, 1.82) is 0 Å². The molecule has 0 aliphatic carbocycles. The predicted octanol–water partition coefficient (Wildman–Crippen LogP) is 3.69. The predicted molar refractivity (Wildman–Crippen MR) is 82.0 cm³/mol. The number of hydrogen-bond acceptors (Lipinski definition) is 2. The first-order valence-corrected chi connectivity index (χ1v) is 6.16. The van der Waals surface area contributed by atoms with Crippen molar-refractivity contribution in [3.05, 3.63) is 60.2 Å². The molecule has 0 saturated carbocycles. The second-order valence-corrected chi connectivity index (χ2v) is 4.01. The molecule has 0 saturated heterocycles. The van der Waals surface area contributed by atoms with E-state index in [9.17, 15) is 4.79 Å². The first-order valence-electron chi connectivity index (χ1n) is 6.16. The van der Waals surface area contributed by atoms with Crippen molar-refractivity contribution in [2.24, 2.45) is 0 Å². The molecule has 4 heteroatoms. The van der Waals surface area contributed by atoms with Gasteiger partial charge < -0.3 is 10.4 Å². The molecule has 2 aromatic carbocycles. The Morgan fingerprint density at radius 1 is 1.14 bits per heavy atom. The maximum absolute atomic E-state index is 10.7. The Labute approximate surface area is 150 Å². The van der Waals surface area contributed by atoms with Crippen LogP contribution in [-0.4, -0.2) is 11.1 Å². The number of nitrogens with one attached hydrogen (secondary N) is 1. The monoisotopic (exact) mass is 356 g/mol. The second-order valence-electron chi connectivity index (χ2n) is 4.01. The number of rotatable bonds is 4. The number of terminal acetylenes is 1. The Morgan fingerprint density at radius 2 is 1.67 bits per heavy atom. The van der Waals surface area contributed by atoms with Crippen LogP contribution in [0.25, 0.3) is 0 Å². The normalized spacial score (nSPS) is 8.38. The van der Waals surface area contributed by atoms with E-state index >= 15 is 0 Å². The topological polar surface area (TPSA) is 49.3 Å². The Bertz CT molecular complexity index is 591. The molecular formula is C17H17NO2Y. The van der Waals surface area contributed by atoms with Gasteiger partial charge in [-0.15, -0.1) is 12.3 Å². The minimum atomic E-state index is -0.827. The van der Waals surface area contributed by atoms with Crippen LogP contribution in [0.3, 0.4) is 0 Å². The summed E-state index contributed by atoms with van der Waals surface area (Å²) >= 11 is 0. The van der Waals surface area contributed by atoms with Crippen molar-refractivity contribution in [1.82, 2.24) is 0 Å². The molecule has 105 valence electrons. The van der Waals surface area contributed by atoms with Crippen LogP contribution in [0.1, 0.15) is 12.5 Å². The maximum atomic E-state index is 10.7.